The third-order valence-electron chi connectivity index (χ3n) is 5.62. The minimum atomic E-state index is -0.631. The lowest BCUT2D eigenvalue weighted by atomic mass is 9.98. The van der Waals surface area contributed by atoms with Gasteiger partial charge in [-0.25, -0.2) is 9.37 Å². The Balaban J connectivity index is 1.40. The number of oxazole rings is 1. The van der Waals surface area contributed by atoms with Gasteiger partial charge in [-0.1, -0.05) is 6.07 Å². The molecule has 7 nitrogen and oxygen atoms in total. The van der Waals surface area contributed by atoms with Crippen molar-refractivity contribution in [2.24, 2.45) is 0 Å². The zero-order valence-electron chi connectivity index (χ0n) is 16.2. The molecule has 1 saturated heterocycles. The van der Waals surface area contributed by atoms with Crippen molar-refractivity contribution < 1.29 is 23.2 Å². The predicted molar refractivity (Wildman–Crippen MR) is 104 cm³/mol. The Morgan fingerprint density at radius 2 is 2.07 bits per heavy atom. The lowest BCUT2D eigenvalue weighted by Crippen LogP contribution is -2.39. The molecule has 152 valence electrons. The highest BCUT2D eigenvalue weighted by molar-refractivity contribution is 6.01. The Labute approximate surface area is 170 Å². The van der Waals surface area contributed by atoms with Crippen LogP contribution >= 0.6 is 0 Å². The summed E-state index contributed by atoms with van der Waals surface area (Å²) in [6.45, 7) is 2.39. The lowest BCUT2D eigenvalue weighted by Gasteiger charge is -2.17. The van der Waals surface area contributed by atoms with Gasteiger partial charge in [-0.05, 0) is 48.7 Å². The number of nitrogens with one attached hydrogen (secondary N) is 1. The van der Waals surface area contributed by atoms with E-state index in [9.17, 15) is 18.8 Å². The predicted octanol–water partition coefficient (Wildman–Crippen LogP) is 2.95. The second-order valence-corrected chi connectivity index (χ2v) is 7.78. The van der Waals surface area contributed by atoms with Gasteiger partial charge in [0.05, 0.1) is 0 Å². The highest BCUT2D eigenvalue weighted by Crippen LogP contribution is 2.30. The second kappa shape index (κ2) is 6.76. The molecule has 3 aromatic rings. The van der Waals surface area contributed by atoms with Crippen molar-refractivity contribution in [1.29, 1.82) is 0 Å². The van der Waals surface area contributed by atoms with Gasteiger partial charge in [-0.15, -0.1) is 0 Å². The van der Waals surface area contributed by atoms with Crippen molar-refractivity contribution in [3.05, 3.63) is 64.3 Å². The molecule has 0 saturated carbocycles. The Bertz CT molecular complexity index is 1230. The molecule has 1 N–H and O–H groups in total. The van der Waals surface area contributed by atoms with E-state index in [4.69, 9.17) is 4.42 Å². The van der Waals surface area contributed by atoms with E-state index in [-0.39, 0.29) is 36.5 Å². The van der Waals surface area contributed by atoms with Gasteiger partial charge in [0.25, 0.3) is 5.91 Å². The van der Waals surface area contributed by atoms with Gasteiger partial charge in [-0.2, -0.15) is 0 Å². The first kappa shape index (κ1) is 18.5. The molecule has 5 rings (SSSR count). The van der Waals surface area contributed by atoms with E-state index in [1.54, 1.807) is 23.1 Å². The maximum absolute atomic E-state index is 14.2. The zero-order valence-corrected chi connectivity index (χ0v) is 16.2. The minimum Gasteiger partial charge on any atom is -0.440 e. The van der Waals surface area contributed by atoms with Crippen LogP contribution in [0.3, 0.4) is 0 Å². The molecular formula is C22H18FN3O4. The van der Waals surface area contributed by atoms with Gasteiger partial charge in [-0.3, -0.25) is 19.7 Å². The summed E-state index contributed by atoms with van der Waals surface area (Å²) in [5.41, 5.74) is 3.51. The topological polar surface area (TPSA) is 92.5 Å². The van der Waals surface area contributed by atoms with Crippen molar-refractivity contribution in [3.8, 4) is 0 Å². The van der Waals surface area contributed by atoms with Crippen LogP contribution in [0.1, 0.15) is 51.7 Å². The quantitative estimate of drug-likeness (QED) is 0.660. The molecule has 1 unspecified atom stereocenters. The number of amides is 3. The van der Waals surface area contributed by atoms with Gasteiger partial charge >= 0.3 is 0 Å². The third kappa shape index (κ3) is 3.04. The molecule has 0 bridgehead atoms. The minimum absolute atomic E-state index is 0.218. The third-order valence-corrected chi connectivity index (χ3v) is 5.62. The Kier molecular flexibility index (Phi) is 4.16. The van der Waals surface area contributed by atoms with Crippen LogP contribution in [0, 0.1) is 12.7 Å². The second-order valence-electron chi connectivity index (χ2n) is 7.78. The first-order valence-electron chi connectivity index (χ1n) is 9.70. The Hall–Kier alpha value is -3.55. The maximum Gasteiger partial charge on any atom is 0.254 e. The lowest BCUT2D eigenvalue weighted by molar-refractivity contribution is -0.134. The average Bonchev–Trinajstić information content (AvgIpc) is 3.30. The smallest absolute Gasteiger partial charge is 0.254 e. The van der Waals surface area contributed by atoms with Crippen LogP contribution in [-0.4, -0.2) is 27.6 Å². The van der Waals surface area contributed by atoms with Crippen LogP contribution in [0.5, 0.6) is 0 Å². The van der Waals surface area contributed by atoms with Gasteiger partial charge < -0.3 is 9.32 Å². The van der Waals surface area contributed by atoms with Crippen molar-refractivity contribution in [1.82, 2.24) is 15.2 Å². The van der Waals surface area contributed by atoms with Crippen molar-refractivity contribution in [2.45, 2.75) is 38.8 Å². The van der Waals surface area contributed by atoms with E-state index < -0.39 is 11.8 Å². The van der Waals surface area contributed by atoms with Crippen molar-refractivity contribution >= 4 is 28.8 Å². The number of rotatable bonds is 2. The number of imide groups is 1. The molecule has 0 aliphatic carbocycles. The monoisotopic (exact) mass is 407 g/mol. The van der Waals surface area contributed by atoms with Crippen LogP contribution in [0.15, 0.2) is 34.7 Å². The standard InChI is InChI=1S/C22H18FN3O4/c1-11-6-13-9-26(10-15(13)16(23)7-11)22(29)12-2-4-17-18(8-12)30-21(24-17)14-3-5-19(27)25-20(14)28/h2,4,6-8,14H,3,5,9-10H2,1H3,(H,25,27,28). The van der Waals surface area contributed by atoms with Crippen molar-refractivity contribution in [3.63, 3.8) is 0 Å². The molecule has 0 spiro atoms. The number of benzene rings is 2. The summed E-state index contributed by atoms with van der Waals surface area (Å²) in [5, 5.41) is 2.29. The van der Waals surface area contributed by atoms with Gasteiger partial charge in [0.15, 0.2) is 5.58 Å². The Morgan fingerprint density at radius 1 is 1.23 bits per heavy atom. The molecule has 3 heterocycles. The van der Waals surface area contributed by atoms with E-state index in [1.807, 2.05) is 13.0 Å². The normalized spacial score (nSPS) is 18.6. The fraction of sp³-hybridized carbons (Fsp3) is 0.273. The number of nitrogens with zero attached hydrogens (tertiary/aromatic N) is 2. The van der Waals surface area contributed by atoms with Gasteiger partial charge in [0.2, 0.25) is 17.7 Å². The number of hydrogen-bond acceptors (Lipinski definition) is 5. The van der Waals surface area contributed by atoms with Crippen molar-refractivity contribution in [2.75, 3.05) is 0 Å². The highest BCUT2D eigenvalue weighted by atomic mass is 19.1. The maximum atomic E-state index is 14.2. The number of carbonyl (C=O) groups is 3. The molecule has 1 atom stereocenters. The molecular weight excluding hydrogens is 389 g/mol. The van der Waals surface area contributed by atoms with E-state index in [1.165, 1.54) is 6.07 Å². The molecule has 1 fully saturated rings. The number of aryl methyl sites for hydroxylation is 1. The summed E-state index contributed by atoms with van der Waals surface area (Å²) >= 11 is 0. The number of aromatic nitrogens is 1. The van der Waals surface area contributed by atoms with E-state index in [0.29, 0.717) is 35.2 Å². The van der Waals surface area contributed by atoms with Crippen LogP contribution in [0.4, 0.5) is 4.39 Å². The Morgan fingerprint density at radius 3 is 2.87 bits per heavy atom. The highest BCUT2D eigenvalue weighted by Gasteiger charge is 2.32. The van der Waals surface area contributed by atoms with E-state index in [0.717, 1.165) is 11.1 Å². The molecule has 0 radical (unpaired) electrons. The fourth-order valence-corrected chi connectivity index (χ4v) is 4.09. The molecule has 2 aliphatic rings. The number of hydrogen-bond donors (Lipinski definition) is 1. The molecule has 30 heavy (non-hydrogen) atoms. The number of piperidine rings is 1. The first-order chi connectivity index (χ1) is 14.4. The fourth-order valence-electron chi connectivity index (χ4n) is 4.09. The summed E-state index contributed by atoms with van der Waals surface area (Å²) in [4.78, 5) is 42.3. The number of halogens is 1. The number of fused-ring (bicyclic) bond motifs is 2. The largest absolute Gasteiger partial charge is 0.440 e. The average molecular weight is 407 g/mol. The molecule has 1 aromatic heterocycles. The molecule has 2 aliphatic heterocycles. The summed E-state index contributed by atoms with van der Waals surface area (Å²) in [5.74, 6) is -1.66. The van der Waals surface area contributed by atoms with E-state index in [2.05, 4.69) is 10.3 Å². The van der Waals surface area contributed by atoms with Crippen LogP contribution in [0.25, 0.3) is 11.1 Å². The van der Waals surface area contributed by atoms with Gasteiger partial charge in [0.1, 0.15) is 17.3 Å². The molecule has 3 amide bonds. The van der Waals surface area contributed by atoms with Crippen LogP contribution < -0.4 is 5.32 Å². The summed E-state index contributed by atoms with van der Waals surface area (Å²) in [6, 6.07) is 8.27. The molecule has 2 aromatic carbocycles. The first-order valence-corrected chi connectivity index (χ1v) is 9.70. The summed E-state index contributed by atoms with van der Waals surface area (Å²) in [6.07, 6.45) is 0.560. The SMILES string of the molecule is Cc1cc(F)c2c(c1)CN(C(=O)c1ccc3nc(C4CCC(=O)NC4=O)oc3c1)C2. The van der Waals surface area contributed by atoms with E-state index >= 15 is 0 Å². The molecule has 8 heteroatoms. The zero-order chi connectivity index (χ0) is 21.0. The van der Waals surface area contributed by atoms with Crippen LogP contribution in [-0.2, 0) is 22.7 Å². The summed E-state index contributed by atoms with van der Waals surface area (Å²) < 4.78 is 20.0. The summed E-state index contributed by atoms with van der Waals surface area (Å²) in [7, 11) is 0. The van der Waals surface area contributed by atoms with Gasteiger partial charge in [0, 0.05) is 30.6 Å². The number of carbonyl (C=O) groups excluding carboxylic acids is 3. The van der Waals surface area contributed by atoms with Crippen LogP contribution in [0.2, 0.25) is 0 Å².